The van der Waals surface area contributed by atoms with Crippen molar-refractivity contribution in [1.82, 2.24) is 0 Å². The summed E-state index contributed by atoms with van der Waals surface area (Å²) in [6, 6.07) is 5.68. The summed E-state index contributed by atoms with van der Waals surface area (Å²) in [4.78, 5) is 0.495. The van der Waals surface area contributed by atoms with Crippen molar-refractivity contribution in [3.63, 3.8) is 0 Å². The molecule has 0 atom stereocenters. The number of nitrogens with one attached hydrogen (secondary N) is 1. The van der Waals surface area contributed by atoms with Crippen LogP contribution in [0.1, 0.15) is 37.7 Å². The zero-order valence-corrected chi connectivity index (χ0v) is 12.2. The Morgan fingerprint density at radius 1 is 1.16 bits per heavy atom. The van der Waals surface area contributed by atoms with Crippen LogP contribution in [0.5, 0.6) is 0 Å². The molecule has 19 heavy (non-hydrogen) atoms. The van der Waals surface area contributed by atoms with Crippen LogP contribution in [0.25, 0.3) is 0 Å². The van der Waals surface area contributed by atoms with Gasteiger partial charge in [0.25, 0.3) is 0 Å². The van der Waals surface area contributed by atoms with Crippen molar-refractivity contribution >= 4 is 15.5 Å². The van der Waals surface area contributed by atoms with Crippen LogP contribution in [-0.4, -0.2) is 20.7 Å². The number of hydrogen-bond acceptors (Lipinski definition) is 3. The molecule has 2 aliphatic rings. The maximum atomic E-state index is 12.7. The van der Waals surface area contributed by atoms with Crippen molar-refractivity contribution in [1.29, 1.82) is 0 Å². The van der Waals surface area contributed by atoms with Crippen molar-refractivity contribution in [3.05, 3.63) is 23.8 Å². The number of anilines is 1. The zero-order valence-electron chi connectivity index (χ0n) is 11.4. The number of rotatable bonds is 0. The van der Waals surface area contributed by atoms with Gasteiger partial charge in [-0.25, -0.2) is 8.42 Å². The van der Waals surface area contributed by atoms with Crippen LogP contribution in [0.3, 0.4) is 0 Å². The Hall–Kier alpha value is -1.03. The summed E-state index contributed by atoms with van der Waals surface area (Å²) in [6.07, 6.45) is 5.63. The maximum Gasteiger partial charge on any atom is 0.181 e. The molecule has 104 valence electrons. The Morgan fingerprint density at radius 3 is 2.63 bits per heavy atom. The van der Waals surface area contributed by atoms with Gasteiger partial charge in [0.1, 0.15) is 0 Å². The molecule has 4 heteroatoms. The van der Waals surface area contributed by atoms with E-state index in [2.05, 4.69) is 5.32 Å². The summed E-state index contributed by atoms with van der Waals surface area (Å²) in [6.45, 7) is 2.74. The summed E-state index contributed by atoms with van der Waals surface area (Å²) in [5.74, 6) is 0.309. The van der Waals surface area contributed by atoms with E-state index in [-0.39, 0.29) is 5.41 Å². The average Bonchev–Trinajstić information content (AvgIpc) is 2.47. The SMILES string of the molecule is Cc1ccc2c(c1)S(=O)(=O)CC1(CCCCC1)CN2. The highest BCUT2D eigenvalue weighted by molar-refractivity contribution is 7.91. The average molecular weight is 279 g/mol. The lowest BCUT2D eigenvalue weighted by Crippen LogP contribution is -2.36. The fourth-order valence-electron chi connectivity index (χ4n) is 3.47. The first-order valence-corrected chi connectivity index (χ1v) is 8.73. The van der Waals surface area contributed by atoms with Gasteiger partial charge in [-0.3, -0.25) is 0 Å². The van der Waals surface area contributed by atoms with E-state index in [0.29, 0.717) is 10.6 Å². The molecule has 1 N–H and O–H groups in total. The minimum Gasteiger partial charge on any atom is -0.383 e. The molecule has 0 radical (unpaired) electrons. The van der Waals surface area contributed by atoms with Gasteiger partial charge in [-0.05, 0) is 37.5 Å². The van der Waals surface area contributed by atoms with Crippen molar-refractivity contribution in [2.45, 2.75) is 43.9 Å². The third-order valence-corrected chi connectivity index (χ3v) is 6.54. The van der Waals surface area contributed by atoms with Crippen LogP contribution in [0.15, 0.2) is 23.1 Å². The summed E-state index contributed by atoms with van der Waals surface area (Å²) in [5, 5.41) is 3.39. The normalized spacial score (nSPS) is 24.3. The first-order valence-electron chi connectivity index (χ1n) is 7.08. The van der Waals surface area contributed by atoms with Crippen LogP contribution in [0, 0.1) is 12.3 Å². The first-order chi connectivity index (χ1) is 9.01. The monoisotopic (exact) mass is 279 g/mol. The van der Waals surface area contributed by atoms with E-state index in [1.54, 1.807) is 6.07 Å². The molecule has 3 rings (SSSR count). The van der Waals surface area contributed by atoms with Gasteiger partial charge in [0, 0.05) is 12.0 Å². The fraction of sp³-hybridized carbons (Fsp3) is 0.600. The largest absolute Gasteiger partial charge is 0.383 e. The molecule has 0 saturated heterocycles. The molecule has 1 fully saturated rings. The molecule has 1 aliphatic heterocycles. The predicted molar refractivity (Wildman–Crippen MR) is 77.2 cm³/mol. The van der Waals surface area contributed by atoms with Crippen molar-refractivity contribution in [3.8, 4) is 0 Å². The second kappa shape index (κ2) is 4.51. The summed E-state index contributed by atoms with van der Waals surface area (Å²) >= 11 is 0. The maximum absolute atomic E-state index is 12.7. The summed E-state index contributed by atoms with van der Waals surface area (Å²) in [5.41, 5.74) is 1.74. The number of fused-ring (bicyclic) bond motifs is 1. The Kier molecular flexibility index (Phi) is 3.08. The number of aryl methyl sites for hydroxylation is 1. The lowest BCUT2D eigenvalue weighted by atomic mass is 9.75. The third-order valence-electron chi connectivity index (χ3n) is 4.54. The molecule has 0 bridgehead atoms. The van der Waals surface area contributed by atoms with Crippen LogP contribution >= 0.6 is 0 Å². The minimum atomic E-state index is -3.17. The second-order valence-corrected chi connectivity index (χ2v) is 8.13. The van der Waals surface area contributed by atoms with Gasteiger partial charge < -0.3 is 5.32 Å². The Morgan fingerprint density at radius 2 is 1.89 bits per heavy atom. The molecule has 1 spiro atoms. The molecule has 0 amide bonds. The summed E-state index contributed by atoms with van der Waals surface area (Å²) < 4.78 is 25.4. The lowest BCUT2D eigenvalue weighted by molar-refractivity contribution is 0.237. The fourth-order valence-corrected chi connectivity index (χ4v) is 5.66. The van der Waals surface area contributed by atoms with E-state index in [9.17, 15) is 8.42 Å². The predicted octanol–water partition coefficient (Wildman–Crippen LogP) is 3.14. The van der Waals surface area contributed by atoms with E-state index in [4.69, 9.17) is 0 Å². The van der Waals surface area contributed by atoms with Gasteiger partial charge >= 0.3 is 0 Å². The molecular formula is C15H21NO2S. The van der Waals surface area contributed by atoms with Crippen LogP contribution in [0.2, 0.25) is 0 Å². The quantitative estimate of drug-likeness (QED) is 0.793. The number of sulfone groups is 1. The molecule has 1 aliphatic carbocycles. The molecule has 0 unspecified atom stereocenters. The van der Waals surface area contributed by atoms with Crippen molar-refractivity contribution < 1.29 is 8.42 Å². The van der Waals surface area contributed by atoms with Gasteiger partial charge in [-0.1, -0.05) is 25.3 Å². The lowest BCUT2D eigenvalue weighted by Gasteiger charge is -2.35. The topological polar surface area (TPSA) is 46.2 Å². The highest BCUT2D eigenvalue weighted by atomic mass is 32.2. The van der Waals surface area contributed by atoms with Crippen LogP contribution < -0.4 is 5.32 Å². The smallest absolute Gasteiger partial charge is 0.181 e. The van der Waals surface area contributed by atoms with Gasteiger partial charge in [-0.15, -0.1) is 0 Å². The van der Waals surface area contributed by atoms with Gasteiger partial charge in [0.2, 0.25) is 0 Å². The highest BCUT2D eigenvalue weighted by Gasteiger charge is 2.40. The van der Waals surface area contributed by atoms with Crippen LogP contribution in [-0.2, 0) is 9.84 Å². The Bertz CT molecular complexity index is 586. The molecular weight excluding hydrogens is 258 g/mol. The summed E-state index contributed by atoms with van der Waals surface area (Å²) in [7, 11) is -3.17. The van der Waals surface area contributed by atoms with E-state index >= 15 is 0 Å². The molecule has 1 aromatic rings. The van der Waals surface area contributed by atoms with E-state index < -0.39 is 9.84 Å². The zero-order chi connectivity index (χ0) is 13.5. The van der Waals surface area contributed by atoms with Gasteiger partial charge in [0.15, 0.2) is 9.84 Å². The third kappa shape index (κ3) is 2.38. The number of hydrogen-bond donors (Lipinski definition) is 1. The standard InChI is InChI=1S/C15H21NO2S/c1-12-5-6-13-14(9-12)19(17,18)11-15(10-16-13)7-3-2-4-8-15/h5-6,9,16H,2-4,7-8,10-11H2,1H3. The van der Waals surface area contributed by atoms with Crippen molar-refractivity contribution in [2.75, 3.05) is 17.6 Å². The van der Waals surface area contributed by atoms with E-state index in [1.807, 2.05) is 19.1 Å². The van der Waals surface area contributed by atoms with Gasteiger partial charge in [-0.2, -0.15) is 0 Å². The van der Waals surface area contributed by atoms with Crippen molar-refractivity contribution in [2.24, 2.45) is 5.41 Å². The van der Waals surface area contributed by atoms with Gasteiger partial charge in [0.05, 0.1) is 16.3 Å². The molecule has 3 nitrogen and oxygen atoms in total. The van der Waals surface area contributed by atoms with Crippen LogP contribution in [0.4, 0.5) is 5.69 Å². The highest BCUT2D eigenvalue weighted by Crippen LogP contribution is 2.42. The minimum absolute atomic E-state index is 0.0516. The Balaban J connectivity index is 2.04. The van der Waals surface area contributed by atoms with E-state index in [0.717, 1.165) is 43.5 Å². The molecule has 1 saturated carbocycles. The molecule has 1 heterocycles. The first kappa shape index (κ1) is 13.0. The molecule has 0 aromatic heterocycles. The Labute approximate surface area is 115 Å². The van der Waals surface area contributed by atoms with E-state index in [1.165, 1.54) is 6.42 Å². The second-order valence-electron chi connectivity index (χ2n) is 6.17. The number of benzene rings is 1. The molecule has 1 aromatic carbocycles.